The summed E-state index contributed by atoms with van der Waals surface area (Å²) < 4.78 is 37.9. The highest BCUT2D eigenvalue weighted by Gasteiger charge is 2.30. The fourth-order valence-corrected chi connectivity index (χ4v) is 2.28. The molecule has 0 saturated heterocycles. The lowest BCUT2D eigenvalue weighted by Crippen LogP contribution is -2.14. The number of anilines is 1. The molecule has 0 saturated carbocycles. The number of aromatic nitrogens is 1. The summed E-state index contributed by atoms with van der Waals surface area (Å²) in [7, 11) is 0. The van der Waals surface area contributed by atoms with E-state index in [0.29, 0.717) is 5.69 Å². The molecule has 1 N–H and O–H groups in total. The van der Waals surface area contributed by atoms with E-state index >= 15 is 0 Å². The lowest BCUT2D eigenvalue weighted by Gasteiger charge is -2.09. The molecule has 0 aliphatic rings. The quantitative estimate of drug-likeness (QED) is 0.680. The van der Waals surface area contributed by atoms with Gasteiger partial charge in [0, 0.05) is 11.1 Å². The molecule has 1 amide bonds. The van der Waals surface area contributed by atoms with Crippen LogP contribution in [0, 0.1) is 18.3 Å². The second-order valence-corrected chi connectivity index (χ2v) is 5.56. The summed E-state index contributed by atoms with van der Waals surface area (Å²) >= 11 is 1.36. The van der Waals surface area contributed by atoms with Crippen LogP contribution in [0.1, 0.15) is 16.3 Å². The van der Waals surface area contributed by atoms with Gasteiger partial charge >= 0.3 is 6.18 Å². The lowest BCUT2D eigenvalue weighted by molar-refractivity contribution is -0.137. The molecule has 1 aromatic heterocycles. The molecule has 0 radical (unpaired) electrons. The van der Waals surface area contributed by atoms with Crippen LogP contribution in [0.25, 0.3) is 6.08 Å². The average molecular weight is 337 g/mol. The van der Waals surface area contributed by atoms with Crippen LogP contribution in [-0.2, 0) is 11.0 Å². The molecular formula is C15H10F3N3OS. The van der Waals surface area contributed by atoms with Crippen molar-refractivity contribution >= 4 is 29.0 Å². The number of carbonyl (C=O) groups excluding carboxylic acids is 1. The minimum absolute atomic E-state index is 0.0413. The fraction of sp³-hybridized carbons (Fsp3) is 0.133. The molecule has 8 heteroatoms. The highest BCUT2D eigenvalue weighted by molar-refractivity contribution is 7.09. The SMILES string of the molecule is Cc1nc(/C=C(\C#N)C(=O)Nc2cccc(C(F)(F)F)c2)cs1. The van der Waals surface area contributed by atoms with Crippen LogP contribution in [0.2, 0.25) is 0 Å². The van der Waals surface area contributed by atoms with Gasteiger partial charge in [-0.2, -0.15) is 18.4 Å². The maximum Gasteiger partial charge on any atom is 0.416 e. The largest absolute Gasteiger partial charge is 0.416 e. The fourth-order valence-electron chi connectivity index (χ4n) is 1.71. The van der Waals surface area contributed by atoms with Gasteiger partial charge in [-0.25, -0.2) is 4.98 Å². The zero-order valence-corrected chi connectivity index (χ0v) is 12.6. The van der Waals surface area contributed by atoms with E-state index in [0.717, 1.165) is 17.1 Å². The number of halogens is 3. The van der Waals surface area contributed by atoms with E-state index in [2.05, 4.69) is 10.3 Å². The van der Waals surface area contributed by atoms with E-state index in [1.807, 2.05) is 0 Å². The van der Waals surface area contributed by atoms with Crippen LogP contribution in [0.3, 0.4) is 0 Å². The van der Waals surface area contributed by atoms with Crippen molar-refractivity contribution in [2.75, 3.05) is 5.32 Å². The van der Waals surface area contributed by atoms with Gasteiger partial charge in [0.05, 0.1) is 16.3 Å². The normalized spacial score (nSPS) is 11.9. The first-order valence-corrected chi connectivity index (χ1v) is 7.20. The van der Waals surface area contributed by atoms with Crippen molar-refractivity contribution in [1.82, 2.24) is 4.98 Å². The van der Waals surface area contributed by atoms with Crippen molar-refractivity contribution in [1.29, 1.82) is 5.26 Å². The average Bonchev–Trinajstić information content (AvgIpc) is 2.89. The monoisotopic (exact) mass is 337 g/mol. The predicted molar refractivity (Wildman–Crippen MR) is 80.5 cm³/mol. The number of aryl methyl sites for hydroxylation is 1. The Morgan fingerprint density at radius 2 is 2.17 bits per heavy atom. The number of hydrogen-bond donors (Lipinski definition) is 1. The highest BCUT2D eigenvalue weighted by Crippen LogP contribution is 2.30. The number of hydrogen-bond acceptors (Lipinski definition) is 4. The van der Waals surface area contributed by atoms with Gasteiger partial charge in [0.25, 0.3) is 5.91 Å². The van der Waals surface area contributed by atoms with Crippen molar-refractivity contribution in [3.05, 3.63) is 51.5 Å². The molecule has 23 heavy (non-hydrogen) atoms. The van der Waals surface area contributed by atoms with Gasteiger partial charge in [0.2, 0.25) is 0 Å². The summed E-state index contributed by atoms with van der Waals surface area (Å²) in [4.78, 5) is 16.1. The Morgan fingerprint density at radius 3 is 2.74 bits per heavy atom. The van der Waals surface area contributed by atoms with E-state index in [9.17, 15) is 18.0 Å². The number of thiazole rings is 1. The molecule has 0 atom stereocenters. The van der Waals surface area contributed by atoms with Gasteiger partial charge in [-0.1, -0.05) is 6.07 Å². The molecule has 1 aromatic carbocycles. The molecule has 4 nitrogen and oxygen atoms in total. The lowest BCUT2D eigenvalue weighted by atomic mass is 10.1. The Morgan fingerprint density at radius 1 is 1.43 bits per heavy atom. The first-order valence-electron chi connectivity index (χ1n) is 6.32. The minimum atomic E-state index is -4.51. The van der Waals surface area contributed by atoms with E-state index in [4.69, 9.17) is 5.26 Å². The number of amides is 1. The zero-order valence-electron chi connectivity index (χ0n) is 11.8. The number of nitrogens with one attached hydrogen (secondary N) is 1. The standard InChI is InChI=1S/C15H10F3N3OS/c1-9-20-13(8-23-9)5-10(7-19)14(22)21-12-4-2-3-11(6-12)15(16,17)18/h2-6,8H,1H3,(H,21,22)/b10-5+. The van der Waals surface area contributed by atoms with Gasteiger partial charge in [-0.05, 0) is 31.2 Å². The number of rotatable bonds is 3. The van der Waals surface area contributed by atoms with Gasteiger partial charge in [-0.3, -0.25) is 4.79 Å². The van der Waals surface area contributed by atoms with Gasteiger partial charge < -0.3 is 5.32 Å². The third kappa shape index (κ3) is 4.40. The summed E-state index contributed by atoms with van der Waals surface area (Å²) in [6, 6.07) is 5.91. The Hall–Kier alpha value is -2.66. The van der Waals surface area contributed by atoms with Crippen LogP contribution in [0.4, 0.5) is 18.9 Å². The minimum Gasteiger partial charge on any atom is -0.321 e. The van der Waals surface area contributed by atoms with E-state index < -0.39 is 17.6 Å². The molecule has 2 aromatic rings. The maximum atomic E-state index is 12.6. The maximum absolute atomic E-state index is 12.6. The summed E-state index contributed by atoms with van der Waals surface area (Å²) in [5.74, 6) is -0.794. The summed E-state index contributed by atoms with van der Waals surface area (Å²) in [6.45, 7) is 1.77. The smallest absolute Gasteiger partial charge is 0.321 e. The third-order valence-electron chi connectivity index (χ3n) is 2.74. The van der Waals surface area contributed by atoms with E-state index in [-0.39, 0.29) is 11.3 Å². The number of carbonyl (C=O) groups is 1. The van der Waals surface area contributed by atoms with E-state index in [1.54, 1.807) is 18.4 Å². The Bertz CT molecular complexity index is 803. The number of alkyl halides is 3. The second kappa shape index (κ2) is 6.62. The predicted octanol–water partition coefficient (Wildman–Crippen LogP) is 4.02. The van der Waals surface area contributed by atoms with Gasteiger partial charge in [0.15, 0.2) is 0 Å². The topological polar surface area (TPSA) is 65.8 Å². The van der Waals surface area contributed by atoms with Crippen LogP contribution in [0.5, 0.6) is 0 Å². The summed E-state index contributed by atoms with van der Waals surface area (Å²) in [5, 5.41) is 13.8. The number of nitrogens with zero attached hydrogens (tertiary/aromatic N) is 2. The molecule has 0 fully saturated rings. The van der Waals surface area contributed by atoms with Gasteiger partial charge in [0.1, 0.15) is 11.6 Å². The molecule has 0 unspecified atom stereocenters. The Kier molecular flexibility index (Phi) is 4.81. The molecular weight excluding hydrogens is 327 g/mol. The molecule has 2 rings (SSSR count). The van der Waals surface area contributed by atoms with Crippen LogP contribution in [-0.4, -0.2) is 10.9 Å². The van der Waals surface area contributed by atoms with Gasteiger partial charge in [-0.15, -0.1) is 11.3 Å². The Labute approximate surface area is 133 Å². The highest BCUT2D eigenvalue weighted by atomic mass is 32.1. The van der Waals surface area contributed by atoms with Crippen molar-refractivity contribution < 1.29 is 18.0 Å². The van der Waals surface area contributed by atoms with Crippen LogP contribution < -0.4 is 5.32 Å². The molecule has 1 heterocycles. The van der Waals surface area contributed by atoms with Crippen molar-refractivity contribution in [3.8, 4) is 6.07 Å². The van der Waals surface area contributed by atoms with Crippen molar-refractivity contribution in [2.45, 2.75) is 13.1 Å². The first kappa shape index (κ1) is 16.7. The van der Waals surface area contributed by atoms with Crippen LogP contribution >= 0.6 is 11.3 Å². The Balaban J connectivity index is 2.21. The summed E-state index contributed by atoms with van der Waals surface area (Å²) in [6.07, 6.45) is -3.22. The third-order valence-corrected chi connectivity index (χ3v) is 3.53. The first-order chi connectivity index (χ1) is 10.8. The number of nitriles is 1. The summed E-state index contributed by atoms with van der Waals surface area (Å²) in [5.41, 5.74) is -0.718. The molecule has 118 valence electrons. The zero-order chi connectivity index (χ0) is 17.0. The van der Waals surface area contributed by atoms with Crippen molar-refractivity contribution in [2.24, 2.45) is 0 Å². The molecule has 0 bridgehead atoms. The molecule has 0 aliphatic heterocycles. The molecule has 0 spiro atoms. The van der Waals surface area contributed by atoms with Crippen molar-refractivity contribution in [3.63, 3.8) is 0 Å². The number of benzene rings is 1. The van der Waals surface area contributed by atoms with E-state index in [1.165, 1.54) is 29.5 Å². The van der Waals surface area contributed by atoms with Crippen LogP contribution in [0.15, 0.2) is 35.2 Å². The molecule has 0 aliphatic carbocycles. The second-order valence-electron chi connectivity index (χ2n) is 4.49.